The first-order chi connectivity index (χ1) is 16.3. The normalized spacial score (nSPS) is 11.7. The Morgan fingerprint density at radius 1 is 1.15 bits per heavy atom. The molecule has 0 saturated carbocycles. The van der Waals surface area contributed by atoms with Gasteiger partial charge in [-0.05, 0) is 42.1 Å². The Kier molecular flexibility index (Phi) is 8.29. The van der Waals surface area contributed by atoms with Gasteiger partial charge in [0.25, 0.3) is 0 Å². The number of urea groups is 1. The molecule has 1 radical (unpaired) electrons. The molecule has 0 bridgehead atoms. The minimum Gasteiger partial charge on any atom is -0.447 e. The number of carbonyl (C=O) groups excluding carboxylic acids is 2. The van der Waals surface area contributed by atoms with Gasteiger partial charge in [-0.3, -0.25) is 5.32 Å². The second kappa shape index (κ2) is 11.4. The quantitative estimate of drug-likeness (QED) is 0.481. The van der Waals surface area contributed by atoms with Crippen molar-refractivity contribution in [2.75, 3.05) is 19.0 Å². The van der Waals surface area contributed by atoms with Gasteiger partial charge in [-0.2, -0.15) is 0 Å². The molecule has 3 amide bonds. The molecule has 3 aromatic rings. The molecule has 2 N–H and O–H groups in total. The predicted molar refractivity (Wildman–Crippen MR) is 121 cm³/mol. The molecule has 0 aliphatic carbocycles. The number of pyridine rings is 1. The lowest BCUT2D eigenvalue weighted by molar-refractivity contribution is 0.114. The van der Waals surface area contributed by atoms with Crippen molar-refractivity contribution in [3.05, 3.63) is 78.6 Å². The first-order valence-corrected chi connectivity index (χ1v) is 10.5. The second-order valence-corrected chi connectivity index (χ2v) is 7.56. The van der Waals surface area contributed by atoms with Gasteiger partial charge in [-0.25, -0.2) is 27.7 Å². The van der Waals surface area contributed by atoms with E-state index in [4.69, 9.17) is 4.74 Å². The van der Waals surface area contributed by atoms with Crippen LogP contribution >= 0.6 is 0 Å². The molecular formula is C24H24F3N4O3. The van der Waals surface area contributed by atoms with Crippen LogP contribution in [0.1, 0.15) is 18.4 Å². The van der Waals surface area contributed by atoms with Gasteiger partial charge in [0.05, 0.1) is 6.04 Å². The molecule has 2 aromatic carbocycles. The number of halogens is 3. The van der Waals surface area contributed by atoms with E-state index in [-0.39, 0.29) is 24.5 Å². The van der Waals surface area contributed by atoms with Crippen LogP contribution in [0.25, 0.3) is 10.8 Å². The van der Waals surface area contributed by atoms with Crippen molar-refractivity contribution in [3.63, 3.8) is 0 Å². The fourth-order valence-electron chi connectivity index (χ4n) is 3.26. The second-order valence-electron chi connectivity index (χ2n) is 7.56. The van der Waals surface area contributed by atoms with Gasteiger partial charge in [0.2, 0.25) is 0 Å². The Labute approximate surface area is 194 Å². The number of benzene rings is 2. The number of nitrogens with one attached hydrogen (secondary N) is 2. The highest BCUT2D eigenvalue weighted by Crippen LogP contribution is 2.18. The van der Waals surface area contributed by atoms with Crippen LogP contribution in [-0.2, 0) is 11.3 Å². The monoisotopic (exact) mass is 473 g/mol. The van der Waals surface area contributed by atoms with E-state index in [1.165, 1.54) is 48.5 Å². The van der Waals surface area contributed by atoms with Gasteiger partial charge in [-0.1, -0.05) is 25.5 Å². The summed E-state index contributed by atoms with van der Waals surface area (Å²) in [5.41, 5.74) is 0.00820. The lowest BCUT2D eigenvalue weighted by Gasteiger charge is -2.28. The molecule has 0 spiro atoms. The third-order valence-corrected chi connectivity index (χ3v) is 5.19. The zero-order chi connectivity index (χ0) is 24.7. The smallest absolute Gasteiger partial charge is 0.412 e. The molecule has 10 heteroatoms. The topological polar surface area (TPSA) is 83.6 Å². The van der Waals surface area contributed by atoms with Crippen molar-refractivity contribution in [3.8, 4) is 0 Å². The minimum atomic E-state index is -1.02. The number of amides is 3. The highest BCUT2D eigenvalue weighted by atomic mass is 19.2. The minimum absolute atomic E-state index is 0.00820. The number of carbonyl (C=O) groups is 2. The van der Waals surface area contributed by atoms with Crippen molar-refractivity contribution in [1.29, 1.82) is 0 Å². The average molecular weight is 473 g/mol. The number of rotatable bonds is 8. The van der Waals surface area contributed by atoms with E-state index < -0.39 is 35.6 Å². The van der Waals surface area contributed by atoms with Crippen LogP contribution in [0.2, 0.25) is 0 Å². The number of hydrogen-bond acceptors (Lipinski definition) is 4. The molecule has 7 nitrogen and oxygen atoms in total. The molecule has 0 unspecified atom stereocenters. The lowest BCUT2D eigenvalue weighted by Crippen LogP contribution is -2.46. The maximum atomic E-state index is 13.8. The summed E-state index contributed by atoms with van der Waals surface area (Å²) >= 11 is 0. The molecule has 1 heterocycles. The van der Waals surface area contributed by atoms with E-state index in [0.29, 0.717) is 23.6 Å². The van der Waals surface area contributed by atoms with E-state index in [2.05, 4.69) is 22.5 Å². The fourth-order valence-corrected chi connectivity index (χ4v) is 3.26. The molecule has 0 aliphatic rings. The van der Waals surface area contributed by atoms with E-state index in [9.17, 15) is 22.8 Å². The summed E-state index contributed by atoms with van der Waals surface area (Å²) in [5.74, 6) is -2.25. The SMILES string of the molecule is [CH2]CC[C@@H](COC(=O)Nc1cc2cc(F)ccc2cn1)N(C)C(=O)NCc1cccc(F)c1F. The number of hydrogen-bond donors (Lipinski definition) is 2. The Morgan fingerprint density at radius 3 is 2.71 bits per heavy atom. The third-order valence-electron chi connectivity index (χ3n) is 5.19. The van der Waals surface area contributed by atoms with Crippen LogP contribution in [0.15, 0.2) is 48.7 Å². The summed E-state index contributed by atoms with van der Waals surface area (Å²) in [6.07, 6.45) is 1.59. The maximum Gasteiger partial charge on any atom is 0.412 e. The van der Waals surface area contributed by atoms with Crippen molar-refractivity contribution in [2.45, 2.75) is 25.4 Å². The predicted octanol–water partition coefficient (Wildman–Crippen LogP) is 5.03. The largest absolute Gasteiger partial charge is 0.447 e. The van der Waals surface area contributed by atoms with E-state index in [0.717, 1.165) is 6.07 Å². The Bertz CT molecular complexity index is 1180. The number of ether oxygens (including phenoxy) is 1. The maximum absolute atomic E-state index is 13.8. The first kappa shape index (κ1) is 24.8. The van der Waals surface area contributed by atoms with Crippen molar-refractivity contribution >= 4 is 28.7 Å². The first-order valence-electron chi connectivity index (χ1n) is 10.5. The molecule has 0 saturated heterocycles. The van der Waals surface area contributed by atoms with Crippen molar-refractivity contribution in [2.24, 2.45) is 0 Å². The molecule has 0 aliphatic heterocycles. The third kappa shape index (κ3) is 6.37. The Hall–Kier alpha value is -3.82. The highest BCUT2D eigenvalue weighted by molar-refractivity contribution is 5.89. The standard InChI is InChI=1S/C24H24F3N4O3/c1-3-5-19(31(2)23(32)29-13-16-6-4-7-20(26)22(16)27)14-34-24(33)30-21-11-17-10-18(25)9-8-15(17)12-28-21/h4,6-12,19H,1,3,5,13-14H2,2H3,(H,29,32)(H,28,30,33)/t19-/m0/s1. The molecule has 1 atom stereocenters. The Morgan fingerprint density at radius 2 is 1.94 bits per heavy atom. The lowest BCUT2D eigenvalue weighted by atomic mass is 10.1. The van der Waals surface area contributed by atoms with Gasteiger partial charge in [0, 0.05) is 30.7 Å². The molecule has 0 fully saturated rings. The highest BCUT2D eigenvalue weighted by Gasteiger charge is 2.21. The number of fused-ring (bicyclic) bond motifs is 1. The van der Waals surface area contributed by atoms with Gasteiger partial charge < -0.3 is 15.0 Å². The summed E-state index contributed by atoms with van der Waals surface area (Å²) in [5, 5.41) is 6.26. The van der Waals surface area contributed by atoms with Gasteiger partial charge in [0.15, 0.2) is 11.6 Å². The van der Waals surface area contributed by atoms with Crippen LogP contribution in [0.4, 0.5) is 28.6 Å². The van der Waals surface area contributed by atoms with Crippen LogP contribution < -0.4 is 10.6 Å². The number of likely N-dealkylation sites (N-methyl/N-ethyl adjacent to an activating group) is 1. The van der Waals surface area contributed by atoms with Crippen LogP contribution in [0, 0.1) is 24.4 Å². The molecular weight excluding hydrogens is 449 g/mol. The summed E-state index contributed by atoms with van der Waals surface area (Å²) in [7, 11) is 1.50. The Balaban J connectivity index is 1.55. The zero-order valence-corrected chi connectivity index (χ0v) is 18.5. The fraction of sp³-hybridized carbons (Fsp3) is 0.250. The van der Waals surface area contributed by atoms with Gasteiger partial charge >= 0.3 is 12.1 Å². The average Bonchev–Trinajstić information content (AvgIpc) is 2.81. The van der Waals surface area contributed by atoms with E-state index in [1.807, 2.05) is 0 Å². The number of aromatic nitrogens is 1. The van der Waals surface area contributed by atoms with Crippen molar-refractivity contribution < 1.29 is 27.5 Å². The van der Waals surface area contributed by atoms with Crippen LogP contribution in [0.3, 0.4) is 0 Å². The molecule has 34 heavy (non-hydrogen) atoms. The van der Waals surface area contributed by atoms with E-state index in [1.54, 1.807) is 6.07 Å². The van der Waals surface area contributed by atoms with E-state index >= 15 is 0 Å². The molecule has 3 rings (SSSR count). The van der Waals surface area contributed by atoms with Crippen LogP contribution in [0.5, 0.6) is 0 Å². The summed E-state index contributed by atoms with van der Waals surface area (Å²) < 4.78 is 45.8. The van der Waals surface area contributed by atoms with Crippen molar-refractivity contribution in [1.82, 2.24) is 15.2 Å². The number of anilines is 1. The summed E-state index contributed by atoms with van der Waals surface area (Å²) in [6, 6.07) is 8.37. The molecule has 1 aromatic heterocycles. The van der Waals surface area contributed by atoms with Crippen LogP contribution in [-0.4, -0.2) is 41.7 Å². The summed E-state index contributed by atoms with van der Waals surface area (Å²) in [4.78, 5) is 30.1. The van der Waals surface area contributed by atoms with Gasteiger partial charge in [0.1, 0.15) is 18.2 Å². The molecule has 179 valence electrons. The van der Waals surface area contributed by atoms with Gasteiger partial charge in [-0.15, -0.1) is 0 Å². The number of nitrogens with zero attached hydrogens (tertiary/aromatic N) is 2. The zero-order valence-electron chi connectivity index (χ0n) is 18.5. The summed E-state index contributed by atoms with van der Waals surface area (Å²) in [6.45, 7) is 3.42.